The molecule has 0 radical (unpaired) electrons. The van der Waals surface area contributed by atoms with E-state index >= 15 is 0 Å². The molecule has 0 saturated heterocycles. The van der Waals surface area contributed by atoms with Gasteiger partial charge in [-0.2, -0.15) is 0 Å². The number of ether oxygens (including phenoxy) is 1. The first-order chi connectivity index (χ1) is 8.97. The summed E-state index contributed by atoms with van der Waals surface area (Å²) in [5.41, 5.74) is 0.630. The summed E-state index contributed by atoms with van der Waals surface area (Å²) < 4.78 is 20.4. The Balaban J connectivity index is 2.40. The van der Waals surface area contributed by atoms with Gasteiger partial charge in [-0.25, -0.2) is 4.39 Å². The van der Waals surface area contributed by atoms with E-state index in [1.165, 1.54) is 12.1 Å². The monoisotopic (exact) mass is 388 g/mol. The summed E-state index contributed by atoms with van der Waals surface area (Å²) in [7, 11) is 0. The van der Waals surface area contributed by atoms with E-state index in [4.69, 9.17) is 4.74 Å². The van der Waals surface area contributed by atoms with Gasteiger partial charge in [0.1, 0.15) is 17.3 Å². The average Bonchev–Trinajstić information content (AvgIpc) is 2.35. The molecule has 100 valence electrons. The van der Waals surface area contributed by atoms with Gasteiger partial charge in [0.15, 0.2) is 0 Å². The highest BCUT2D eigenvalue weighted by Gasteiger charge is 2.12. The van der Waals surface area contributed by atoms with Crippen molar-refractivity contribution in [1.82, 2.24) is 0 Å². The van der Waals surface area contributed by atoms with Crippen molar-refractivity contribution < 1.29 is 14.2 Å². The highest BCUT2D eigenvalue weighted by molar-refractivity contribution is 9.10. The maximum Gasteiger partial charge on any atom is 0.144 e. The first-order valence-corrected chi connectivity index (χ1v) is 7.16. The molecule has 2 aromatic rings. The van der Waals surface area contributed by atoms with Crippen LogP contribution >= 0.6 is 31.9 Å². The Morgan fingerprint density at radius 3 is 2.53 bits per heavy atom. The second-order valence-electron chi connectivity index (χ2n) is 4.03. The lowest BCUT2D eigenvalue weighted by Crippen LogP contribution is -1.97. The standard InChI is InChI=1S/C14H11Br2FO2/c1-8(18)11-6-9(15)2-5-13(11)19-14-7-10(17)3-4-12(14)16/h2-8,18H,1H3. The fourth-order valence-corrected chi connectivity index (χ4v) is 2.32. The molecule has 0 aliphatic rings. The molecule has 0 heterocycles. The van der Waals surface area contributed by atoms with Crippen LogP contribution in [0.3, 0.4) is 0 Å². The van der Waals surface area contributed by atoms with E-state index in [0.717, 1.165) is 4.47 Å². The lowest BCUT2D eigenvalue weighted by Gasteiger charge is -2.14. The number of hydrogen-bond acceptors (Lipinski definition) is 2. The average molecular weight is 390 g/mol. The Bertz CT molecular complexity index is 600. The topological polar surface area (TPSA) is 29.5 Å². The van der Waals surface area contributed by atoms with Crippen LogP contribution in [0.2, 0.25) is 0 Å². The van der Waals surface area contributed by atoms with Crippen LogP contribution < -0.4 is 4.74 Å². The van der Waals surface area contributed by atoms with Gasteiger partial charge in [-0.1, -0.05) is 15.9 Å². The quantitative estimate of drug-likeness (QED) is 0.781. The van der Waals surface area contributed by atoms with Gasteiger partial charge in [-0.3, -0.25) is 0 Å². The molecule has 1 N–H and O–H groups in total. The van der Waals surface area contributed by atoms with E-state index in [9.17, 15) is 9.50 Å². The van der Waals surface area contributed by atoms with Gasteiger partial charge in [0.25, 0.3) is 0 Å². The fourth-order valence-electron chi connectivity index (χ4n) is 1.61. The minimum Gasteiger partial charge on any atom is -0.456 e. The van der Waals surface area contributed by atoms with Gasteiger partial charge >= 0.3 is 0 Å². The molecule has 1 unspecified atom stereocenters. The first-order valence-electron chi connectivity index (χ1n) is 5.58. The minimum atomic E-state index is -0.681. The molecule has 0 spiro atoms. The number of halogens is 3. The van der Waals surface area contributed by atoms with Gasteiger partial charge in [0.05, 0.1) is 10.6 Å². The van der Waals surface area contributed by atoms with E-state index in [1.54, 1.807) is 31.2 Å². The summed E-state index contributed by atoms with van der Waals surface area (Å²) in [6.45, 7) is 1.65. The largest absolute Gasteiger partial charge is 0.456 e. The maximum absolute atomic E-state index is 13.2. The van der Waals surface area contributed by atoms with Crippen LogP contribution in [0.4, 0.5) is 4.39 Å². The third kappa shape index (κ3) is 3.55. The molecule has 0 bridgehead atoms. The molecule has 0 fully saturated rings. The Labute approximate surface area is 127 Å². The predicted octanol–water partition coefficient (Wildman–Crippen LogP) is 5.20. The highest BCUT2D eigenvalue weighted by atomic mass is 79.9. The van der Waals surface area contributed by atoms with Crippen LogP contribution in [0.15, 0.2) is 45.3 Å². The molecule has 0 aromatic heterocycles. The van der Waals surface area contributed by atoms with Crippen molar-refractivity contribution in [2.75, 3.05) is 0 Å². The van der Waals surface area contributed by atoms with Crippen LogP contribution in [0.5, 0.6) is 11.5 Å². The van der Waals surface area contributed by atoms with Crippen LogP contribution in [-0.2, 0) is 0 Å². The maximum atomic E-state index is 13.2. The van der Waals surface area contributed by atoms with Crippen LogP contribution in [0.25, 0.3) is 0 Å². The lowest BCUT2D eigenvalue weighted by atomic mass is 10.1. The Morgan fingerprint density at radius 1 is 1.11 bits per heavy atom. The third-order valence-corrected chi connectivity index (χ3v) is 3.68. The van der Waals surface area contributed by atoms with Crippen molar-refractivity contribution in [3.8, 4) is 11.5 Å². The van der Waals surface area contributed by atoms with Gasteiger partial charge in [0.2, 0.25) is 0 Å². The highest BCUT2D eigenvalue weighted by Crippen LogP contribution is 2.35. The molecule has 0 aliphatic carbocycles. The summed E-state index contributed by atoms with van der Waals surface area (Å²) in [5, 5.41) is 9.74. The molecule has 0 saturated carbocycles. The SMILES string of the molecule is CC(O)c1cc(Br)ccc1Oc1cc(F)ccc1Br. The minimum absolute atomic E-state index is 0.365. The molecule has 19 heavy (non-hydrogen) atoms. The number of rotatable bonds is 3. The van der Waals surface area contributed by atoms with Crippen LogP contribution in [0, 0.1) is 5.82 Å². The van der Waals surface area contributed by atoms with Crippen LogP contribution in [0.1, 0.15) is 18.6 Å². The first kappa shape index (κ1) is 14.5. The predicted molar refractivity (Wildman–Crippen MR) is 78.9 cm³/mol. The second-order valence-corrected chi connectivity index (χ2v) is 5.80. The van der Waals surface area contributed by atoms with E-state index in [0.29, 0.717) is 21.5 Å². The van der Waals surface area contributed by atoms with Gasteiger partial charge < -0.3 is 9.84 Å². The van der Waals surface area contributed by atoms with Gasteiger partial charge in [-0.15, -0.1) is 0 Å². The summed E-state index contributed by atoms with van der Waals surface area (Å²) in [4.78, 5) is 0. The Hall–Kier alpha value is -0.910. The van der Waals surface area contributed by atoms with Crippen molar-refractivity contribution in [2.45, 2.75) is 13.0 Å². The fraction of sp³-hybridized carbons (Fsp3) is 0.143. The molecule has 0 amide bonds. The van der Waals surface area contributed by atoms with Gasteiger partial charge in [-0.05, 0) is 53.2 Å². The van der Waals surface area contributed by atoms with Gasteiger partial charge in [0, 0.05) is 16.1 Å². The number of benzene rings is 2. The van der Waals surface area contributed by atoms with Crippen LogP contribution in [-0.4, -0.2) is 5.11 Å². The molecule has 2 aromatic carbocycles. The zero-order valence-electron chi connectivity index (χ0n) is 10.0. The van der Waals surface area contributed by atoms with E-state index < -0.39 is 6.10 Å². The van der Waals surface area contributed by atoms with Crippen molar-refractivity contribution >= 4 is 31.9 Å². The number of aliphatic hydroxyl groups excluding tert-OH is 1. The van der Waals surface area contributed by atoms with Crippen molar-refractivity contribution in [1.29, 1.82) is 0 Å². The van der Waals surface area contributed by atoms with Crippen molar-refractivity contribution in [3.05, 3.63) is 56.7 Å². The molecular weight excluding hydrogens is 379 g/mol. The summed E-state index contributed by atoms with van der Waals surface area (Å²) in [6, 6.07) is 9.50. The van der Waals surface area contributed by atoms with E-state index in [-0.39, 0.29) is 5.82 Å². The molecule has 0 aliphatic heterocycles. The number of aliphatic hydroxyl groups is 1. The lowest BCUT2D eigenvalue weighted by molar-refractivity contribution is 0.195. The van der Waals surface area contributed by atoms with E-state index in [1.807, 2.05) is 0 Å². The molecule has 1 atom stereocenters. The normalized spacial score (nSPS) is 12.3. The zero-order valence-corrected chi connectivity index (χ0v) is 13.2. The molecule has 2 nitrogen and oxygen atoms in total. The third-order valence-electron chi connectivity index (χ3n) is 2.54. The van der Waals surface area contributed by atoms with Crippen molar-refractivity contribution in [3.63, 3.8) is 0 Å². The Kier molecular flexibility index (Phi) is 4.60. The Morgan fingerprint density at radius 2 is 1.84 bits per heavy atom. The van der Waals surface area contributed by atoms with E-state index in [2.05, 4.69) is 31.9 Å². The summed E-state index contributed by atoms with van der Waals surface area (Å²) >= 11 is 6.64. The summed E-state index contributed by atoms with van der Waals surface area (Å²) in [5.74, 6) is 0.475. The smallest absolute Gasteiger partial charge is 0.144 e. The molecular formula is C14H11Br2FO2. The van der Waals surface area contributed by atoms with Crippen molar-refractivity contribution in [2.24, 2.45) is 0 Å². The second kappa shape index (κ2) is 6.03. The summed E-state index contributed by atoms with van der Waals surface area (Å²) in [6.07, 6.45) is -0.681. The molecule has 5 heteroatoms. The number of hydrogen-bond donors (Lipinski definition) is 1. The molecule has 2 rings (SSSR count). The zero-order chi connectivity index (χ0) is 14.0.